The van der Waals surface area contributed by atoms with E-state index < -0.39 is 11.9 Å². The molecule has 2 aromatic rings. The molecule has 2 aromatic heterocycles. The SMILES string of the molecule is Cc1ccc(-c2cc(Cl)c(N=C=S)c(F)n2)nc1F. The molecular weight excluding hydrogens is 292 g/mol. The third-order valence-corrected chi connectivity index (χ3v) is 2.74. The number of isothiocyanates is 1. The fourth-order valence-corrected chi connectivity index (χ4v) is 1.72. The first-order chi connectivity index (χ1) is 9.02. The predicted octanol–water partition coefficient (Wildman–Crippen LogP) is 4.12. The lowest BCUT2D eigenvalue weighted by molar-refractivity contribution is 0.573. The van der Waals surface area contributed by atoms with Crippen molar-refractivity contribution in [3.05, 3.63) is 40.7 Å². The van der Waals surface area contributed by atoms with E-state index in [2.05, 4.69) is 27.2 Å². The fraction of sp³-hybridized carbons (Fsp3) is 0.0833. The molecule has 0 amide bonds. The number of aliphatic imine (C=N–C) groups is 1. The van der Waals surface area contributed by atoms with Crippen molar-refractivity contribution in [2.75, 3.05) is 0 Å². The van der Waals surface area contributed by atoms with Crippen LogP contribution >= 0.6 is 23.8 Å². The molecule has 3 nitrogen and oxygen atoms in total. The lowest BCUT2D eigenvalue weighted by Crippen LogP contribution is -1.95. The normalized spacial score (nSPS) is 10.1. The minimum Gasteiger partial charge on any atom is -0.218 e. The summed E-state index contributed by atoms with van der Waals surface area (Å²) in [5, 5.41) is 2.01. The zero-order valence-corrected chi connectivity index (χ0v) is 11.2. The van der Waals surface area contributed by atoms with E-state index in [0.717, 1.165) is 0 Å². The predicted molar refractivity (Wildman–Crippen MR) is 71.8 cm³/mol. The summed E-state index contributed by atoms with van der Waals surface area (Å²) in [5.41, 5.74) is 0.483. The highest BCUT2D eigenvalue weighted by Gasteiger charge is 2.13. The first-order valence-corrected chi connectivity index (χ1v) is 5.89. The van der Waals surface area contributed by atoms with Gasteiger partial charge < -0.3 is 0 Å². The molecule has 7 heteroatoms. The van der Waals surface area contributed by atoms with Gasteiger partial charge in [0, 0.05) is 5.56 Å². The fourth-order valence-electron chi connectivity index (χ4n) is 1.40. The van der Waals surface area contributed by atoms with Gasteiger partial charge in [-0.2, -0.15) is 13.8 Å². The molecule has 19 heavy (non-hydrogen) atoms. The zero-order valence-electron chi connectivity index (χ0n) is 9.62. The Kier molecular flexibility index (Phi) is 3.95. The zero-order chi connectivity index (χ0) is 14.0. The molecule has 0 spiro atoms. The van der Waals surface area contributed by atoms with E-state index in [1.54, 1.807) is 6.92 Å². The highest BCUT2D eigenvalue weighted by atomic mass is 35.5. The summed E-state index contributed by atoms with van der Waals surface area (Å²) < 4.78 is 27.0. The molecule has 0 radical (unpaired) electrons. The summed E-state index contributed by atoms with van der Waals surface area (Å²) in [6.45, 7) is 1.57. The largest absolute Gasteiger partial charge is 0.241 e. The summed E-state index contributed by atoms with van der Waals surface area (Å²) in [4.78, 5) is 10.8. The molecule has 0 atom stereocenters. The van der Waals surface area contributed by atoms with Crippen molar-refractivity contribution in [3.63, 3.8) is 0 Å². The molecule has 96 valence electrons. The van der Waals surface area contributed by atoms with Gasteiger partial charge in [0.05, 0.1) is 21.6 Å². The van der Waals surface area contributed by atoms with Crippen LogP contribution in [0.3, 0.4) is 0 Å². The van der Waals surface area contributed by atoms with E-state index in [1.165, 1.54) is 18.2 Å². The van der Waals surface area contributed by atoms with Gasteiger partial charge in [-0.15, -0.1) is 0 Å². The topological polar surface area (TPSA) is 38.1 Å². The van der Waals surface area contributed by atoms with Crippen LogP contribution in [-0.2, 0) is 0 Å². The maximum atomic E-state index is 13.7. The van der Waals surface area contributed by atoms with Gasteiger partial charge in [-0.05, 0) is 31.3 Å². The minimum atomic E-state index is -0.914. The molecule has 0 aliphatic heterocycles. The third-order valence-electron chi connectivity index (χ3n) is 2.36. The average molecular weight is 298 g/mol. The van der Waals surface area contributed by atoms with Gasteiger partial charge in [-0.1, -0.05) is 17.7 Å². The second-order valence-corrected chi connectivity index (χ2v) is 4.23. The molecule has 0 N–H and O–H groups in total. The van der Waals surface area contributed by atoms with E-state index in [4.69, 9.17) is 11.6 Å². The number of nitrogens with zero attached hydrogens (tertiary/aromatic N) is 3. The van der Waals surface area contributed by atoms with E-state index in [9.17, 15) is 8.78 Å². The van der Waals surface area contributed by atoms with Gasteiger partial charge in [-0.3, -0.25) is 0 Å². The number of hydrogen-bond donors (Lipinski definition) is 0. The Morgan fingerprint density at radius 1 is 1.21 bits per heavy atom. The van der Waals surface area contributed by atoms with E-state index in [0.29, 0.717) is 5.56 Å². The number of halogens is 3. The molecule has 0 aromatic carbocycles. The molecule has 0 aliphatic carbocycles. The van der Waals surface area contributed by atoms with Crippen molar-refractivity contribution in [2.24, 2.45) is 4.99 Å². The van der Waals surface area contributed by atoms with Gasteiger partial charge in [0.25, 0.3) is 0 Å². The van der Waals surface area contributed by atoms with Gasteiger partial charge in [-0.25, -0.2) is 9.97 Å². The minimum absolute atomic E-state index is 0.00244. The molecule has 0 fully saturated rings. The lowest BCUT2D eigenvalue weighted by atomic mass is 10.2. The second kappa shape index (κ2) is 5.48. The van der Waals surface area contributed by atoms with Crippen molar-refractivity contribution in [1.29, 1.82) is 0 Å². The summed E-state index contributed by atoms with van der Waals surface area (Å²) in [7, 11) is 0. The third kappa shape index (κ3) is 2.81. The molecular formula is C12H6ClF2N3S. The van der Waals surface area contributed by atoms with Crippen LogP contribution in [0.1, 0.15) is 5.56 Å². The molecule has 0 aliphatic rings. The Hall–Kier alpha value is -1.75. The number of aryl methyl sites for hydroxylation is 1. The number of rotatable bonds is 2. The quantitative estimate of drug-likeness (QED) is 0.475. The summed E-state index contributed by atoms with van der Waals surface area (Å²) in [6, 6.07) is 4.39. The van der Waals surface area contributed by atoms with Crippen LogP contribution in [0.25, 0.3) is 11.4 Å². The molecule has 2 rings (SSSR count). The number of thiocarbonyl (C=S) groups is 1. The highest BCUT2D eigenvalue weighted by molar-refractivity contribution is 7.78. The van der Waals surface area contributed by atoms with Crippen LogP contribution in [0.5, 0.6) is 0 Å². The highest BCUT2D eigenvalue weighted by Crippen LogP contribution is 2.30. The molecule has 2 heterocycles. The van der Waals surface area contributed by atoms with Gasteiger partial charge in [0.2, 0.25) is 11.9 Å². The Morgan fingerprint density at radius 2 is 1.89 bits per heavy atom. The van der Waals surface area contributed by atoms with Gasteiger partial charge >= 0.3 is 0 Å². The summed E-state index contributed by atoms with van der Waals surface area (Å²) in [6.07, 6.45) is 0. The lowest BCUT2D eigenvalue weighted by Gasteiger charge is -2.04. The smallest absolute Gasteiger partial charge is 0.218 e. The first-order valence-electron chi connectivity index (χ1n) is 5.10. The van der Waals surface area contributed by atoms with Crippen LogP contribution in [0, 0.1) is 18.8 Å². The van der Waals surface area contributed by atoms with Gasteiger partial charge in [0.1, 0.15) is 5.69 Å². The molecule has 0 saturated heterocycles. The Balaban J connectivity index is 2.57. The van der Waals surface area contributed by atoms with Crippen LogP contribution < -0.4 is 0 Å². The first kappa shape index (κ1) is 13.7. The van der Waals surface area contributed by atoms with Crippen molar-refractivity contribution in [2.45, 2.75) is 6.92 Å². The maximum Gasteiger partial charge on any atom is 0.241 e. The van der Waals surface area contributed by atoms with Crippen molar-refractivity contribution in [1.82, 2.24) is 9.97 Å². The Labute approximate surface area is 118 Å². The number of aromatic nitrogens is 2. The van der Waals surface area contributed by atoms with Crippen LogP contribution in [0.2, 0.25) is 5.02 Å². The van der Waals surface area contributed by atoms with E-state index in [1.807, 2.05) is 5.16 Å². The maximum absolute atomic E-state index is 13.7. The molecule has 0 unspecified atom stereocenters. The van der Waals surface area contributed by atoms with E-state index in [-0.39, 0.29) is 22.1 Å². The molecule has 0 bridgehead atoms. The monoisotopic (exact) mass is 297 g/mol. The molecule has 0 saturated carbocycles. The van der Waals surface area contributed by atoms with Crippen molar-refractivity contribution >= 4 is 34.7 Å². The standard InChI is InChI=1S/C12H6ClF2N3S/c1-6-2-3-8(17-11(6)14)9-4-7(13)10(16-5-19)12(15)18-9/h2-4H,1H3. The average Bonchev–Trinajstić information content (AvgIpc) is 2.37. The Morgan fingerprint density at radius 3 is 2.47 bits per heavy atom. The number of hydrogen-bond acceptors (Lipinski definition) is 4. The van der Waals surface area contributed by atoms with Crippen molar-refractivity contribution < 1.29 is 8.78 Å². The van der Waals surface area contributed by atoms with Gasteiger partial charge in [0.15, 0.2) is 0 Å². The second-order valence-electron chi connectivity index (χ2n) is 3.64. The van der Waals surface area contributed by atoms with E-state index >= 15 is 0 Å². The van der Waals surface area contributed by atoms with Crippen LogP contribution in [0.15, 0.2) is 23.2 Å². The Bertz CT molecular complexity index is 676. The summed E-state index contributed by atoms with van der Waals surface area (Å²) >= 11 is 10.2. The van der Waals surface area contributed by atoms with Crippen LogP contribution in [-0.4, -0.2) is 15.1 Å². The summed E-state index contributed by atoms with van der Waals surface area (Å²) in [5.74, 6) is -1.56. The number of pyridine rings is 2. The van der Waals surface area contributed by atoms with Crippen LogP contribution in [0.4, 0.5) is 14.5 Å². The van der Waals surface area contributed by atoms with Crippen molar-refractivity contribution in [3.8, 4) is 11.4 Å².